The van der Waals surface area contributed by atoms with Crippen LogP contribution in [0.5, 0.6) is 0 Å². The number of fused-ring (bicyclic) bond motifs is 3. The highest BCUT2D eigenvalue weighted by Gasteiger charge is 2.55. The topological polar surface area (TPSA) is 87.8 Å². The van der Waals surface area contributed by atoms with Gasteiger partial charge in [0.25, 0.3) is 10.0 Å². The zero-order chi connectivity index (χ0) is 17.2. The van der Waals surface area contributed by atoms with E-state index in [0.717, 1.165) is 0 Å². The molecule has 0 amide bonds. The fourth-order valence-electron chi connectivity index (χ4n) is 4.09. The fraction of sp³-hybridized carbons (Fsp3) is 0.438. The minimum absolute atomic E-state index is 0.217. The van der Waals surface area contributed by atoms with Gasteiger partial charge in [-0.1, -0.05) is 0 Å². The molecule has 2 aliphatic heterocycles. The molecule has 1 aromatic heterocycles. The highest BCUT2D eigenvalue weighted by molar-refractivity contribution is 7.89. The van der Waals surface area contributed by atoms with E-state index in [2.05, 4.69) is 0 Å². The molecular weight excluding hydrogens is 337 g/mol. The lowest BCUT2D eigenvalue weighted by Gasteiger charge is -2.21. The van der Waals surface area contributed by atoms with E-state index in [1.54, 1.807) is 6.92 Å². The van der Waals surface area contributed by atoms with Crippen LogP contribution in [-0.2, 0) is 14.8 Å². The fourth-order valence-corrected chi connectivity index (χ4v) is 6.17. The van der Waals surface area contributed by atoms with Crippen LogP contribution in [0.25, 0.3) is 11.0 Å². The van der Waals surface area contributed by atoms with Crippen molar-refractivity contribution in [3.63, 3.8) is 0 Å². The average molecular weight is 353 g/mol. The van der Waals surface area contributed by atoms with E-state index in [-0.39, 0.29) is 11.1 Å². The summed E-state index contributed by atoms with van der Waals surface area (Å²) in [5.41, 5.74) is 0.650. The number of furan rings is 1. The minimum Gasteiger partial charge on any atom is -0.481 e. The van der Waals surface area contributed by atoms with Crippen LogP contribution in [0, 0.1) is 18.7 Å². The first kappa shape index (κ1) is 15.6. The molecule has 3 unspecified atom stereocenters. The van der Waals surface area contributed by atoms with Crippen molar-refractivity contribution in [3.8, 4) is 0 Å². The summed E-state index contributed by atoms with van der Waals surface area (Å²) in [7, 11) is -3.97. The van der Waals surface area contributed by atoms with Crippen LogP contribution < -0.4 is 0 Å². The predicted octanol–water partition coefficient (Wildman–Crippen LogP) is 2.51. The molecule has 2 bridgehead atoms. The Labute approximate surface area is 137 Å². The first-order chi connectivity index (χ1) is 11.3. The van der Waals surface area contributed by atoms with Gasteiger partial charge < -0.3 is 9.52 Å². The van der Waals surface area contributed by atoms with Crippen LogP contribution in [-0.4, -0.2) is 35.9 Å². The Bertz CT molecular complexity index is 951. The Morgan fingerprint density at radius 1 is 1.38 bits per heavy atom. The van der Waals surface area contributed by atoms with Crippen molar-refractivity contribution in [1.29, 1.82) is 0 Å². The van der Waals surface area contributed by atoms with Gasteiger partial charge in [0.05, 0.1) is 5.92 Å². The van der Waals surface area contributed by atoms with Gasteiger partial charge in [0.15, 0.2) is 0 Å². The Balaban J connectivity index is 1.82. The van der Waals surface area contributed by atoms with E-state index in [1.165, 1.54) is 22.5 Å². The molecule has 2 saturated heterocycles. The molecule has 0 saturated carbocycles. The second-order valence-electron chi connectivity index (χ2n) is 6.47. The third-order valence-corrected chi connectivity index (χ3v) is 7.14. The number of carboxylic acids is 1. The summed E-state index contributed by atoms with van der Waals surface area (Å²) in [6.07, 6.45) is 1.52. The van der Waals surface area contributed by atoms with Crippen molar-refractivity contribution < 1.29 is 27.1 Å². The zero-order valence-corrected chi connectivity index (χ0v) is 13.7. The second kappa shape index (κ2) is 5.03. The molecule has 128 valence electrons. The Hall–Kier alpha value is -1.93. The molecule has 2 aromatic rings. The molecule has 0 spiro atoms. The number of aryl methyl sites for hydroxylation is 1. The average Bonchev–Trinajstić information content (AvgIpc) is 3.19. The van der Waals surface area contributed by atoms with Crippen LogP contribution in [0.2, 0.25) is 0 Å². The number of benzene rings is 1. The lowest BCUT2D eigenvalue weighted by molar-refractivity contribution is -0.142. The molecule has 3 atom stereocenters. The molecule has 2 fully saturated rings. The largest absolute Gasteiger partial charge is 0.481 e. The number of aliphatic carboxylic acids is 1. The SMILES string of the molecule is Cc1c(S(=O)(=O)N2C3CCC2C(C(=O)O)C3)oc2ccc(F)cc12. The van der Waals surface area contributed by atoms with Gasteiger partial charge >= 0.3 is 5.97 Å². The molecule has 3 heterocycles. The van der Waals surface area contributed by atoms with Gasteiger partial charge in [0, 0.05) is 23.0 Å². The summed E-state index contributed by atoms with van der Waals surface area (Å²) < 4.78 is 46.4. The van der Waals surface area contributed by atoms with Gasteiger partial charge in [-0.3, -0.25) is 4.79 Å². The monoisotopic (exact) mass is 353 g/mol. The number of carboxylic acid groups (broad SMARTS) is 1. The van der Waals surface area contributed by atoms with Crippen molar-refractivity contribution in [1.82, 2.24) is 4.31 Å². The van der Waals surface area contributed by atoms with E-state index in [1.807, 2.05) is 0 Å². The maximum Gasteiger partial charge on any atom is 0.308 e. The normalized spacial score (nSPS) is 27.2. The Morgan fingerprint density at radius 3 is 2.79 bits per heavy atom. The van der Waals surface area contributed by atoms with E-state index in [4.69, 9.17) is 4.42 Å². The molecule has 8 heteroatoms. The summed E-state index contributed by atoms with van der Waals surface area (Å²) in [4.78, 5) is 11.4. The van der Waals surface area contributed by atoms with Crippen molar-refractivity contribution in [3.05, 3.63) is 29.6 Å². The maximum absolute atomic E-state index is 13.4. The molecule has 0 aliphatic carbocycles. The number of hydrogen-bond donors (Lipinski definition) is 1. The Kier molecular flexibility index (Phi) is 3.27. The lowest BCUT2D eigenvalue weighted by Crippen LogP contribution is -2.37. The molecular formula is C16H16FNO5S. The summed E-state index contributed by atoms with van der Waals surface area (Å²) in [6, 6.07) is 3.00. The van der Waals surface area contributed by atoms with Gasteiger partial charge in [-0.25, -0.2) is 12.8 Å². The second-order valence-corrected chi connectivity index (χ2v) is 8.21. The van der Waals surface area contributed by atoms with Crippen LogP contribution in [0.4, 0.5) is 4.39 Å². The molecule has 4 rings (SSSR count). The minimum atomic E-state index is -3.97. The number of sulfonamides is 1. The lowest BCUT2D eigenvalue weighted by atomic mass is 9.89. The third-order valence-electron chi connectivity index (χ3n) is 5.16. The first-order valence-electron chi connectivity index (χ1n) is 7.75. The summed E-state index contributed by atoms with van der Waals surface area (Å²) in [6.45, 7) is 1.57. The molecule has 1 N–H and O–H groups in total. The van der Waals surface area contributed by atoms with Gasteiger partial charge in [-0.2, -0.15) is 4.31 Å². The molecule has 0 radical (unpaired) electrons. The quantitative estimate of drug-likeness (QED) is 0.916. The van der Waals surface area contributed by atoms with Crippen molar-refractivity contribution >= 4 is 27.0 Å². The first-order valence-corrected chi connectivity index (χ1v) is 9.19. The van der Waals surface area contributed by atoms with E-state index >= 15 is 0 Å². The number of hydrogen-bond acceptors (Lipinski definition) is 4. The van der Waals surface area contributed by atoms with Crippen molar-refractivity contribution in [2.75, 3.05) is 0 Å². The maximum atomic E-state index is 13.4. The molecule has 1 aromatic carbocycles. The van der Waals surface area contributed by atoms with Crippen molar-refractivity contribution in [2.24, 2.45) is 5.92 Å². The summed E-state index contributed by atoms with van der Waals surface area (Å²) in [5, 5.41) is 9.50. The van der Waals surface area contributed by atoms with E-state index in [0.29, 0.717) is 35.8 Å². The highest BCUT2D eigenvalue weighted by Crippen LogP contribution is 2.46. The van der Waals surface area contributed by atoms with Gasteiger partial charge in [-0.05, 0) is 44.4 Å². The molecule has 24 heavy (non-hydrogen) atoms. The Morgan fingerprint density at radius 2 is 2.12 bits per heavy atom. The third kappa shape index (κ3) is 2.02. The highest BCUT2D eigenvalue weighted by atomic mass is 32.2. The molecule has 6 nitrogen and oxygen atoms in total. The molecule has 2 aliphatic rings. The van der Waals surface area contributed by atoms with Gasteiger partial charge in [0.1, 0.15) is 11.4 Å². The van der Waals surface area contributed by atoms with Gasteiger partial charge in [-0.15, -0.1) is 0 Å². The van der Waals surface area contributed by atoms with Crippen LogP contribution >= 0.6 is 0 Å². The predicted molar refractivity (Wildman–Crippen MR) is 82.5 cm³/mol. The van der Waals surface area contributed by atoms with E-state index < -0.39 is 33.8 Å². The zero-order valence-electron chi connectivity index (χ0n) is 12.9. The van der Waals surface area contributed by atoms with Crippen LogP contribution in [0.1, 0.15) is 24.8 Å². The standard InChI is InChI=1S/C16H16FNO5S/c1-8-11-6-9(17)2-5-14(11)23-16(8)24(21,22)18-10-3-4-13(18)12(7-10)15(19)20/h2,5-6,10,12-13H,3-4,7H2,1H3,(H,19,20). The number of carbonyl (C=O) groups is 1. The van der Waals surface area contributed by atoms with Gasteiger partial charge in [0.2, 0.25) is 5.09 Å². The van der Waals surface area contributed by atoms with Crippen LogP contribution in [0.3, 0.4) is 0 Å². The smallest absolute Gasteiger partial charge is 0.308 e. The van der Waals surface area contributed by atoms with Crippen LogP contribution in [0.15, 0.2) is 27.7 Å². The number of nitrogens with zero attached hydrogens (tertiary/aromatic N) is 1. The van der Waals surface area contributed by atoms with E-state index in [9.17, 15) is 22.7 Å². The van der Waals surface area contributed by atoms with Crippen molar-refractivity contribution in [2.45, 2.75) is 43.4 Å². The number of rotatable bonds is 3. The summed E-state index contributed by atoms with van der Waals surface area (Å²) >= 11 is 0. The number of halogens is 1. The summed E-state index contributed by atoms with van der Waals surface area (Å²) in [5.74, 6) is -2.12.